The van der Waals surface area contributed by atoms with Gasteiger partial charge in [-0.2, -0.15) is 4.98 Å². The van der Waals surface area contributed by atoms with Crippen molar-refractivity contribution in [3.05, 3.63) is 64.2 Å². The van der Waals surface area contributed by atoms with Crippen molar-refractivity contribution in [2.45, 2.75) is 33.7 Å². The molecule has 0 spiro atoms. The third kappa shape index (κ3) is 5.98. The molecular weight excluding hydrogens is 533 g/mol. The van der Waals surface area contributed by atoms with E-state index in [2.05, 4.69) is 31.0 Å². The molecule has 0 radical (unpaired) electrons. The van der Waals surface area contributed by atoms with Gasteiger partial charge in [0.15, 0.2) is 0 Å². The molecule has 3 amide bonds. The smallest absolute Gasteiger partial charge is 0.336 e. The molecule has 4 aromatic rings. The minimum Gasteiger partial charge on any atom is -0.479 e. The van der Waals surface area contributed by atoms with Gasteiger partial charge in [0.25, 0.3) is 5.88 Å². The molecule has 0 fully saturated rings. The molecular formula is C25H25ClFN7O5. The molecule has 2 N–H and O–H groups in total. The zero-order valence-electron chi connectivity index (χ0n) is 21.7. The molecule has 0 bridgehead atoms. The Bertz CT molecular complexity index is 1520. The highest BCUT2D eigenvalue weighted by Crippen LogP contribution is 2.36. The van der Waals surface area contributed by atoms with E-state index in [1.807, 2.05) is 6.92 Å². The molecule has 0 aliphatic heterocycles. The summed E-state index contributed by atoms with van der Waals surface area (Å²) in [6.45, 7) is 7.02. The van der Waals surface area contributed by atoms with Crippen LogP contribution in [0.5, 0.6) is 5.88 Å². The van der Waals surface area contributed by atoms with Crippen molar-refractivity contribution in [1.29, 1.82) is 0 Å². The molecule has 0 saturated carbocycles. The van der Waals surface area contributed by atoms with Gasteiger partial charge in [-0.25, -0.2) is 14.2 Å². The summed E-state index contributed by atoms with van der Waals surface area (Å²) < 4.78 is 29.8. The van der Waals surface area contributed by atoms with Gasteiger partial charge < -0.3 is 19.1 Å². The van der Waals surface area contributed by atoms with Gasteiger partial charge in [0.2, 0.25) is 17.5 Å². The van der Waals surface area contributed by atoms with E-state index < -0.39 is 23.8 Å². The first kappa shape index (κ1) is 27.5. The number of carbonyl (C=O) groups is 2. The average Bonchev–Trinajstić information content (AvgIpc) is 3.55. The number of methoxy groups -OCH3 is 1. The van der Waals surface area contributed by atoms with Crippen molar-refractivity contribution in [2.75, 3.05) is 13.7 Å². The predicted molar refractivity (Wildman–Crippen MR) is 137 cm³/mol. The summed E-state index contributed by atoms with van der Waals surface area (Å²) in [5.74, 6) is -0.887. The Hall–Kier alpha value is -4.52. The quantitative estimate of drug-likeness (QED) is 0.310. The summed E-state index contributed by atoms with van der Waals surface area (Å²) in [7, 11) is 1.39. The minimum absolute atomic E-state index is 0.0875. The van der Waals surface area contributed by atoms with Crippen molar-refractivity contribution in [2.24, 2.45) is 0 Å². The van der Waals surface area contributed by atoms with Crippen molar-refractivity contribution < 1.29 is 27.8 Å². The Kier molecular flexibility index (Phi) is 8.10. The predicted octanol–water partition coefficient (Wildman–Crippen LogP) is 4.64. The maximum Gasteiger partial charge on any atom is 0.336 e. The van der Waals surface area contributed by atoms with Gasteiger partial charge in [-0.05, 0) is 55.3 Å². The number of halogens is 2. The Labute approximate surface area is 227 Å². The van der Waals surface area contributed by atoms with E-state index in [0.29, 0.717) is 16.8 Å². The molecule has 1 atom stereocenters. The minimum atomic E-state index is -0.671. The zero-order valence-corrected chi connectivity index (χ0v) is 22.5. The van der Waals surface area contributed by atoms with Crippen molar-refractivity contribution >= 4 is 23.5 Å². The molecule has 1 unspecified atom stereocenters. The maximum atomic E-state index is 14.9. The lowest BCUT2D eigenvalue weighted by Crippen LogP contribution is -2.51. The first-order chi connectivity index (χ1) is 18.6. The zero-order chi connectivity index (χ0) is 28.3. The van der Waals surface area contributed by atoms with Gasteiger partial charge in [0.1, 0.15) is 5.82 Å². The molecule has 39 heavy (non-hydrogen) atoms. The number of aromatic nitrogens is 4. The second-order valence-electron chi connectivity index (χ2n) is 8.46. The fraction of sp³-hybridized carbons (Fsp3) is 0.280. The monoisotopic (exact) mass is 557 g/mol. The molecule has 4 rings (SSSR count). The number of aryl methyl sites for hydroxylation is 2. The van der Waals surface area contributed by atoms with Crippen LogP contribution in [0.3, 0.4) is 0 Å². The van der Waals surface area contributed by atoms with Gasteiger partial charge in [-0.15, -0.1) is 0 Å². The van der Waals surface area contributed by atoms with Crippen molar-refractivity contribution in [3.63, 3.8) is 0 Å². The molecule has 0 aliphatic rings. The number of nitrogens with zero attached hydrogens (tertiary/aromatic N) is 5. The van der Waals surface area contributed by atoms with Crippen LogP contribution in [0.25, 0.3) is 22.5 Å². The first-order valence-corrected chi connectivity index (χ1v) is 12.1. The number of nitrogens with one attached hydrogen (secondary N) is 2. The van der Waals surface area contributed by atoms with E-state index in [1.165, 1.54) is 19.2 Å². The van der Waals surface area contributed by atoms with Crippen LogP contribution in [0.1, 0.15) is 47.6 Å². The van der Waals surface area contributed by atoms with Crippen LogP contribution in [0.2, 0.25) is 5.02 Å². The number of urea groups is 1. The van der Waals surface area contributed by atoms with Crippen LogP contribution in [-0.2, 0) is 0 Å². The van der Waals surface area contributed by atoms with Crippen LogP contribution < -0.4 is 15.5 Å². The van der Waals surface area contributed by atoms with E-state index in [0.717, 1.165) is 10.6 Å². The van der Waals surface area contributed by atoms with Crippen molar-refractivity contribution in [1.82, 2.24) is 36.0 Å². The number of ether oxygens (including phenoxy) is 1. The van der Waals surface area contributed by atoms with Gasteiger partial charge in [-0.1, -0.05) is 16.8 Å². The molecule has 12 nitrogen and oxygen atoms in total. The second-order valence-corrected chi connectivity index (χ2v) is 8.90. The Morgan fingerprint density at radius 2 is 1.95 bits per heavy atom. The molecule has 3 aromatic heterocycles. The number of amides is 3. The molecule has 14 heteroatoms. The largest absolute Gasteiger partial charge is 0.479 e. The van der Waals surface area contributed by atoms with Crippen molar-refractivity contribution in [3.8, 4) is 28.4 Å². The highest BCUT2D eigenvalue weighted by molar-refractivity contribution is 6.31. The number of pyridine rings is 1. The summed E-state index contributed by atoms with van der Waals surface area (Å²) in [6, 6.07) is 4.76. The second kappa shape index (κ2) is 11.5. The van der Waals surface area contributed by atoms with E-state index in [-0.39, 0.29) is 40.5 Å². The first-order valence-electron chi connectivity index (χ1n) is 11.8. The number of hydrogen-bond acceptors (Lipinski definition) is 9. The fourth-order valence-electron chi connectivity index (χ4n) is 3.86. The highest BCUT2D eigenvalue weighted by atomic mass is 35.5. The number of rotatable bonds is 7. The number of hydrogen-bond donors (Lipinski definition) is 2. The van der Waals surface area contributed by atoms with Crippen LogP contribution in [0, 0.1) is 19.7 Å². The summed E-state index contributed by atoms with van der Waals surface area (Å²) >= 11 is 6.15. The van der Waals surface area contributed by atoms with E-state index in [9.17, 15) is 14.0 Å². The van der Waals surface area contributed by atoms with Gasteiger partial charge in [0, 0.05) is 30.3 Å². The fourth-order valence-corrected chi connectivity index (χ4v) is 4.07. The molecule has 0 aliphatic carbocycles. The molecule has 1 aromatic carbocycles. The summed E-state index contributed by atoms with van der Waals surface area (Å²) in [5.41, 5.74) is 4.88. The third-order valence-corrected chi connectivity index (χ3v) is 5.92. The van der Waals surface area contributed by atoms with Crippen LogP contribution >= 0.6 is 11.6 Å². The van der Waals surface area contributed by atoms with Crippen LogP contribution in [-0.4, -0.2) is 50.9 Å². The lowest BCUT2D eigenvalue weighted by molar-refractivity contribution is 0.0792. The number of hydrazine groups is 1. The molecule has 0 saturated heterocycles. The molecule has 3 heterocycles. The SMILES string of the molecule is CCN(NC(=O)c1cc(OC)no1)C(=O)NC(C)c1ncc(-c2cc(Cl)cc(F)c2-c2noc(C)n2)cc1C. The summed E-state index contributed by atoms with van der Waals surface area (Å²) in [4.78, 5) is 34.0. The summed E-state index contributed by atoms with van der Waals surface area (Å²) in [6.07, 6.45) is 1.54. The Balaban J connectivity index is 1.53. The number of carbonyl (C=O) groups excluding carboxylic acids is 2. The van der Waals surface area contributed by atoms with Gasteiger partial charge in [-0.3, -0.25) is 15.2 Å². The topological polar surface area (TPSA) is 149 Å². The lowest BCUT2D eigenvalue weighted by Gasteiger charge is -2.24. The third-order valence-electron chi connectivity index (χ3n) is 5.71. The standard InChI is InChI=1S/C25H25ClFN7O5/c1-6-34(31-24(35)19-10-20(37-5)32-39-19)25(36)29-13(3)22-12(2)7-15(11-28-22)17-8-16(26)9-18(27)21(17)23-30-14(4)38-33-23/h7-11,13H,6H2,1-5H3,(H,29,36)(H,31,35). The number of benzene rings is 1. The maximum absolute atomic E-state index is 14.9. The van der Waals surface area contributed by atoms with Crippen LogP contribution in [0.15, 0.2) is 39.5 Å². The van der Waals surface area contributed by atoms with E-state index in [4.69, 9.17) is 25.4 Å². The van der Waals surface area contributed by atoms with E-state index >= 15 is 0 Å². The van der Waals surface area contributed by atoms with Gasteiger partial charge in [0.05, 0.1) is 30.5 Å². The van der Waals surface area contributed by atoms with Gasteiger partial charge >= 0.3 is 11.9 Å². The molecule has 204 valence electrons. The average molecular weight is 558 g/mol. The Morgan fingerprint density at radius 3 is 2.56 bits per heavy atom. The highest BCUT2D eigenvalue weighted by Gasteiger charge is 2.23. The Morgan fingerprint density at radius 1 is 1.18 bits per heavy atom. The summed E-state index contributed by atoms with van der Waals surface area (Å²) in [5, 5.41) is 11.5. The van der Waals surface area contributed by atoms with Crippen LogP contribution in [0.4, 0.5) is 9.18 Å². The lowest BCUT2D eigenvalue weighted by atomic mass is 9.97. The normalized spacial score (nSPS) is 11.7. The van der Waals surface area contributed by atoms with E-state index in [1.54, 1.807) is 39.1 Å².